The molecule has 6 nitrogen and oxygen atoms in total. The van der Waals surface area contributed by atoms with Crippen LogP contribution < -0.4 is 5.32 Å². The van der Waals surface area contributed by atoms with Crippen LogP contribution >= 0.6 is 12.4 Å². The van der Waals surface area contributed by atoms with Crippen molar-refractivity contribution < 1.29 is 9.32 Å². The van der Waals surface area contributed by atoms with Crippen LogP contribution in [0.25, 0.3) is 0 Å². The van der Waals surface area contributed by atoms with Crippen LogP contribution in [0, 0.1) is 12.8 Å². The summed E-state index contributed by atoms with van der Waals surface area (Å²) in [6, 6.07) is 0. The van der Waals surface area contributed by atoms with E-state index < -0.39 is 0 Å². The van der Waals surface area contributed by atoms with E-state index in [1.807, 2.05) is 11.9 Å². The molecule has 1 unspecified atom stereocenters. The Morgan fingerprint density at radius 3 is 3.00 bits per heavy atom. The minimum atomic E-state index is 0. The number of nitrogens with one attached hydrogen (secondary N) is 1. The lowest BCUT2D eigenvalue weighted by atomic mass is 9.94. The van der Waals surface area contributed by atoms with Crippen LogP contribution in [0.2, 0.25) is 0 Å². The molecule has 0 aromatic carbocycles. The molecule has 0 radical (unpaired) electrons. The van der Waals surface area contributed by atoms with Gasteiger partial charge in [-0.3, -0.25) is 4.79 Å². The van der Waals surface area contributed by atoms with Crippen LogP contribution in [0.4, 0.5) is 0 Å². The molecule has 20 heavy (non-hydrogen) atoms. The van der Waals surface area contributed by atoms with Crippen LogP contribution in [0.3, 0.4) is 0 Å². The summed E-state index contributed by atoms with van der Waals surface area (Å²) in [5.41, 5.74) is 0. The summed E-state index contributed by atoms with van der Waals surface area (Å²) in [5.74, 6) is 2.05. The molecule has 1 fully saturated rings. The van der Waals surface area contributed by atoms with Crippen molar-refractivity contribution in [1.29, 1.82) is 0 Å². The molecule has 1 aliphatic heterocycles. The number of likely N-dealkylation sites (tertiary alicyclic amines) is 1. The van der Waals surface area contributed by atoms with Gasteiger partial charge in [0.2, 0.25) is 11.8 Å². The lowest BCUT2D eigenvalue weighted by Crippen LogP contribution is -2.41. The molecule has 2 rings (SSSR count). The fourth-order valence-electron chi connectivity index (χ4n) is 2.53. The number of piperidine rings is 1. The molecule has 1 aromatic rings. The van der Waals surface area contributed by atoms with Gasteiger partial charge < -0.3 is 14.7 Å². The van der Waals surface area contributed by atoms with Crippen LogP contribution in [-0.4, -0.2) is 47.6 Å². The van der Waals surface area contributed by atoms with Crippen LogP contribution in [-0.2, 0) is 11.2 Å². The van der Waals surface area contributed by atoms with E-state index in [9.17, 15) is 4.79 Å². The van der Waals surface area contributed by atoms with Crippen molar-refractivity contribution in [1.82, 2.24) is 20.4 Å². The summed E-state index contributed by atoms with van der Waals surface area (Å²) >= 11 is 0. The van der Waals surface area contributed by atoms with Gasteiger partial charge in [0.05, 0.1) is 0 Å². The SMILES string of the molecule is CNCCC(=O)N1CCCC(Cc2noc(C)n2)C1.Cl. The zero-order chi connectivity index (χ0) is 13.7. The predicted octanol–water partition coefficient (Wildman–Crippen LogP) is 1.19. The number of hydrogen-bond donors (Lipinski definition) is 1. The summed E-state index contributed by atoms with van der Waals surface area (Å²) in [7, 11) is 1.87. The van der Waals surface area contributed by atoms with Crippen molar-refractivity contribution in [2.75, 3.05) is 26.7 Å². The molecule has 1 saturated heterocycles. The molecule has 1 N–H and O–H groups in total. The van der Waals surface area contributed by atoms with E-state index in [2.05, 4.69) is 15.5 Å². The van der Waals surface area contributed by atoms with E-state index in [-0.39, 0.29) is 18.3 Å². The largest absolute Gasteiger partial charge is 0.342 e. The number of rotatable bonds is 5. The van der Waals surface area contributed by atoms with Crippen molar-refractivity contribution in [3.63, 3.8) is 0 Å². The van der Waals surface area contributed by atoms with Crippen molar-refractivity contribution in [3.05, 3.63) is 11.7 Å². The average molecular weight is 303 g/mol. The maximum absolute atomic E-state index is 12.0. The summed E-state index contributed by atoms with van der Waals surface area (Å²) in [4.78, 5) is 18.2. The smallest absolute Gasteiger partial charge is 0.223 e. The number of halogens is 1. The second kappa shape index (κ2) is 8.21. The third-order valence-electron chi connectivity index (χ3n) is 3.50. The van der Waals surface area contributed by atoms with E-state index in [0.29, 0.717) is 18.2 Å². The molecule has 0 bridgehead atoms. The molecule has 1 amide bonds. The van der Waals surface area contributed by atoms with Gasteiger partial charge in [0, 0.05) is 39.4 Å². The Hall–Kier alpha value is -1.14. The third kappa shape index (κ3) is 4.76. The summed E-state index contributed by atoms with van der Waals surface area (Å²) in [5, 5.41) is 6.94. The number of amides is 1. The average Bonchev–Trinajstić information content (AvgIpc) is 2.81. The number of hydrogen-bond acceptors (Lipinski definition) is 5. The Bertz CT molecular complexity index is 424. The molecule has 7 heteroatoms. The van der Waals surface area contributed by atoms with Gasteiger partial charge in [0.15, 0.2) is 5.82 Å². The minimum Gasteiger partial charge on any atom is -0.342 e. The minimum absolute atomic E-state index is 0. The molecule has 1 atom stereocenters. The van der Waals surface area contributed by atoms with Gasteiger partial charge in [-0.15, -0.1) is 12.4 Å². The molecule has 114 valence electrons. The van der Waals surface area contributed by atoms with E-state index >= 15 is 0 Å². The highest BCUT2D eigenvalue weighted by Gasteiger charge is 2.24. The maximum atomic E-state index is 12.0. The van der Waals surface area contributed by atoms with E-state index in [1.54, 1.807) is 6.92 Å². The molecule has 1 aromatic heterocycles. The zero-order valence-electron chi connectivity index (χ0n) is 12.1. The van der Waals surface area contributed by atoms with Gasteiger partial charge in [0.1, 0.15) is 0 Å². The topological polar surface area (TPSA) is 71.3 Å². The second-order valence-corrected chi connectivity index (χ2v) is 5.14. The fourth-order valence-corrected chi connectivity index (χ4v) is 2.53. The Kier molecular flexibility index (Phi) is 6.95. The number of carbonyl (C=O) groups excluding carboxylic acids is 1. The summed E-state index contributed by atoms with van der Waals surface area (Å²) in [6.45, 7) is 4.23. The van der Waals surface area contributed by atoms with Crippen molar-refractivity contribution in [2.45, 2.75) is 32.6 Å². The molecule has 0 aliphatic carbocycles. The molecule has 0 spiro atoms. The first-order chi connectivity index (χ1) is 9.19. The zero-order valence-corrected chi connectivity index (χ0v) is 12.9. The summed E-state index contributed by atoms with van der Waals surface area (Å²) < 4.78 is 4.98. The Morgan fingerprint density at radius 1 is 1.55 bits per heavy atom. The van der Waals surface area contributed by atoms with Crippen LogP contribution in [0.5, 0.6) is 0 Å². The monoisotopic (exact) mass is 302 g/mol. The van der Waals surface area contributed by atoms with Gasteiger partial charge in [0.25, 0.3) is 0 Å². The lowest BCUT2D eigenvalue weighted by molar-refractivity contribution is -0.132. The first-order valence-electron chi connectivity index (χ1n) is 6.90. The highest BCUT2D eigenvalue weighted by atomic mass is 35.5. The van der Waals surface area contributed by atoms with Gasteiger partial charge in [-0.05, 0) is 25.8 Å². The molecule has 0 saturated carbocycles. The second-order valence-electron chi connectivity index (χ2n) is 5.14. The van der Waals surface area contributed by atoms with Crippen molar-refractivity contribution in [2.24, 2.45) is 5.92 Å². The number of aryl methyl sites for hydroxylation is 1. The first-order valence-corrected chi connectivity index (χ1v) is 6.90. The molecule has 2 heterocycles. The summed E-state index contributed by atoms with van der Waals surface area (Å²) in [6.07, 6.45) is 3.56. The predicted molar refractivity (Wildman–Crippen MR) is 77.8 cm³/mol. The normalized spacial score (nSPS) is 18.7. The van der Waals surface area contributed by atoms with E-state index in [4.69, 9.17) is 4.52 Å². The van der Waals surface area contributed by atoms with Gasteiger partial charge >= 0.3 is 0 Å². The van der Waals surface area contributed by atoms with E-state index in [0.717, 1.165) is 44.7 Å². The van der Waals surface area contributed by atoms with Gasteiger partial charge in [-0.1, -0.05) is 5.16 Å². The number of carbonyl (C=O) groups is 1. The Balaban J connectivity index is 0.00000200. The highest BCUT2D eigenvalue weighted by molar-refractivity contribution is 5.85. The van der Waals surface area contributed by atoms with Crippen molar-refractivity contribution >= 4 is 18.3 Å². The number of nitrogens with zero attached hydrogens (tertiary/aromatic N) is 3. The fraction of sp³-hybridized carbons (Fsp3) is 0.769. The molecular formula is C13H23ClN4O2. The first kappa shape index (κ1) is 16.9. The Morgan fingerprint density at radius 2 is 2.35 bits per heavy atom. The van der Waals surface area contributed by atoms with Crippen molar-refractivity contribution in [3.8, 4) is 0 Å². The van der Waals surface area contributed by atoms with E-state index in [1.165, 1.54) is 0 Å². The lowest BCUT2D eigenvalue weighted by Gasteiger charge is -2.32. The number of aromatic nitrogens is 2. The quantitative estimate of drug-likeness (QED) is 0.884. The standard InChI is InChI=1S/C13H22N4O2.ClH/c1-10-15-12(16-19-10)8-11-4-3-7-17(9-11)13(18)5-6-14-2;/h11,14H,3-9H2,1-2H3;1H. The van der Waals surface area contributed by atoms with Gasteiger partial charge in [-0.2, -0.15) is 4.98 Å². The van der Waals surface area contributed by atoms with Gasteiger partial charge in [-0.25, -0.2) is 0 Å². The Labute approximate surface area is 125 Å². The van der Waals surface area contributed by atoms with Crippen LogP contribution in [0.15, 0.2) is 4.52 Å². The third-order valence-corrected chi connectivity index (χ3v) is 3.50. The van der Waals surface area contributed by atoms with Crippen LogP contribution in [0.1, 0.15) is 31.0 Å². The maximum Gasteiger partial charge on any atom is 0.223 e. The highest BCUT2D eigenvalue weighted by Crippen LogP contribution is 2.20. The molecular weight excluding hydrogens is 280 g/mol. The molecule has 1 aliphatic rings.